The topological polar surface area (TPSA) is 50.4 Å². The van der Waals surface area contributed by atoms with Crippen LogP contribution in [0.2, 0.25) is 0 Å². The molecule has 1 aliphatic rings. The highest BCUT2D eigenvalue weighted by molar-refractivity contribution is 9.10. The van der Waals surface area contributed by atoms with E-state index in [4.69, 9.17) is 4.74 Å². The third-order valence-corrected chi connectivity index (χ3v) is 4.18. The van der Waals surface area contributed by atoms with Crippen LogP contribution >= 0.6 is 15.9 Å². The lowest BCUT2D eigenvalue weighted by Gasteiger charge is -2.27. The summed E-state index contributed by atoms with van der Waals surface area (Å²) in [6.45, 7) is 4.98. The predicted octanol–water partition coefficient (Wildman–Crippen LogP) is 3.09. The second-order valence-corrected chi connectivity index (χ2v) is 6.28. The molecule has 2 atom stereocenters. The fourth-order valence-electron chi connectivity index (χ4n) is 2.63. The molecule has 0 spiro atoms. The SMILES string of the molecule is COc1cc(Br)cc(C)c1NC(=O)C1CCNC(C)C1. The molecule has 2 rings (SSSR count). The maximum Gasteiger partial charge on any atom is 0.227 e. The van der Waals surface area contributed by atoms with Gasteiger partial charge in [0, 0.05) is 16.4 Å². The molecule has 1 aromatic rings. The largest absolute Gasteiger partial charge is 0.495 e. The Balaban J connectivity index is 2.15. The minimum Gasteiger partial charge on any atom is -0.495 e. The van der Waals surface area contributed by atoms with E-state index in [-0.39, 0.29) is 11.8 Å². The molecule has 1 aromatic carbocycles. The van der Waals surface area contributed by atoms with Gasteiger partial charge in [-0.05, 0) is 50.9 Å². The van der Waals surface area contributed by atoms with Crippen LogP contribution in [0, 0.1) is 12.8 Å². The number of ether oxygens (including phenoxy) is 1. The van der Waals surface area contributed by atoms with Gasteiger partial charge >= 0.3 is 0 Å². The summed E-state index contributed by atoms with van der Waals surface area (Å²) in [6, 6.07) is 4.24. The minimum absolute atomic E-state index is 0.0685. The van der Waals surface area contributed by atoms with Crippen LogP contribution in [-0.4, -0.2) is 25.6 Å². The van der Waals surface area contributed by atoms with Gasteiger partial charge in [-0.15, -0.1) is 0 Å². The van der Waals surface area contributed by atoms with Gasteiger partial charge in [0.1, 0.15) is 5.75 Å². The maximum absolute atomic E-state index is 12.4. The van der Waals surface area contributed by atoms with Crippen LogP contribution in [-0.2, 0) is 4.79 Å². The molecular formula is C15H21BrN2O2. The number of hydrogen-bond donors (Lipinski definition) is 2. The summed E-state index contributed by atoms with van der Waals surface area (Å²) in [5.74, 6) is 0.841. The number of carbonyl (C=O) groups is 1. The summed E-state index contributed by atoms with van der Waals surface area (Å²) in [5, 5.41) is 6.40. The highest BCUT2D eigenvalue weighted by atomic mass is 79.9. The van der Waals surface area contributed by atoms with E-state index in [1.54, 1.807) is 7.11 Å². The van der Waals surface area contributed by atoms with E-state index >= 15 is 0 Å². The normalized spacial score (nSPS) is 22.4. The van der Waals surface area contributed by atoms with Crippen molar-refractivity contribution in [1.82, 2.24) is 5.32 Å². The zero-order valence-electron chi connectivity index (χ0n) is 12.1. The van der Waals surface area contributed by atoms with Crippen molar-refractivity contribution in [2.24, 2.45) is 5.92 Å². The Labute approximate surface area is 128 Å². The Morgan fingerprint density at radius 3 is 2.90 bits per heavy atom. The molecule has 1 saturated heterocycles. The van der Waals surface area contributed by atoms with Gasteiger partial charge in [0.05, 0.1) is 12.8 Å². The molecule has 0 bridgehead atoms. The molecule has 2 N–H and O–H groups in total. The van der Waals surface area contributed by atoms with Gasteiger partial charge in [-0.3, -0.25) is 4.79 Å². The fraction of sp³-hybridized carbons (Fsp3) is 0.533. The molecule has 5 heteroatoms. The molecule has 0 aliphatic carbocycles. The van der Waals surface area contributed by atoms with Gasteiger partial charge in [-0.2, -0.15) is 0 Å². The van der Waals surface area contributed by atoms with Crippen molar-refractivity contribution < 1.29 is 9.53 Å². The third kappa shape index (κ3) is 3.52. The van der Waals surface area contributed by atoms with Gasteiger partial charge in [0.15, 0.2) is 0 Å². The molecular weight excluding hydrogens is 320 g/mol. The number of hydrogen-bond acceptors (Lipinski definition) is 3. The zero-order valence-corrected chi connectivity index (χ0v) is 13.7. The summed E-state index contributed by atoms with van der Waals surface area (Å²) >= 11 is 3.44. The molecule has 110 valence electrons. The number of amides is 1. The molecule has 1 aliphatic heterocycles. The van der Waals surface area contributed by atoms with E-state index in [9.17, 15) is 4.79 Å². The van der Waals surface area contributed by atoms with Crippen molar-refractivity contribution >= 4 is 27.5 Å². The Morgan fingerprint density at radius 1 is 1.50 bits per heavy atom. The average molecular weight is 341 g/mol. The fourth-order valence-corrected chi connectivity index (χ4v) is 3.18. The summed E-state index contributed by atoms with van der Waals surface area (Å²) in [5.41, 5.74) is 1.76. The maximum atomic E-state index is 12.4. The van der Waals surface area contributed by atoms with Gasteiger partial charge in [0.2, 0.25) is 5.91 Å². The molecule has 0 radical (unpaired) electrons. The number of carbonyl (C=O) groups excluding carboxylic acids is 1. The van der Waals surface area contributed by atoms with Crippen LogP contribution in [0.1, 0.15) is 25.3 Å². The lowest BCUT2D eigenvalue weighted by Crippen LogP contribution is -2.40. The van der Waals surface area contributed by atoms with Crippen LogP contribution in [0.25, 0.3) is 0 Å². The van der Waals surface area contributed by atoms with Crippen molar-refractivity contribution in [3.05, 3.63) is 22.2 Å². The Hall–Kier alpha value is -1.07. The number of nitrogens with one attached hydrogen (secondary N) is 2. The van der Waals surface area contributed by atoms with E-state index in [0.717, 1.165) is 35.1 Å². The first kappa shape index (κ1) is 15.3. The summed E-state index contributed by atoms with van der Waals surface area (Å²) < 4.78 is 6.30. The van der Waals surface area contributed by atoms with Crippen molar-refractivity contribution in [3.63, 3.8) is 0 Å². The number of aryl methyl sites for hydroxylation is 1. The van der Waals surface area contributed by atoms with Crippen molar-refractivity contribution in [2.75, 3.05) is 19.0 Å². The highest BCUT2D eigenvalue weighted by Gasteiger charge is 2.25. The van der Waals surface area contributed by atoms with Gasteiger partial charge < -0.3 is 15.4 Å². The standard InChI is InChI=1S/C15H21BrN2O2/c1-9-6-12(16)8-13(20-3)14(9)18-15(19)11-4-5-17-10(2)7-11/h6,8,10-11,17H,4-5,7H2,1-3H3,(H,18,19). The Morgan fingerprint density at radius 2 is 2.25 bits per heavy atom. The van der Waals surface area contributed by atoms with Crippen LogP contribution in [0.3, 0.4) is 0 Å². The summed E-state index contributed by atoms with van der Waals surface area (Å²) in [7, 11) is 1.61. The lowest BCUT2D eigenvalue weighted by atomic mass is 9.92. The Kier molecular flexibility index (Phi) is 5.05. The molecule has 4 nitrogen and oxygen atoms in total. The lowest BCUT2D eigenvalue weighted by molar-refractivity contribution is -0.120. The molecule has 20 heavy (non-hydrogen) atoms. The smallest absolute Gasteiger partial charge is 0.227 e. The summed E-state index contributed by atoms with van der Waals surface area (Å²) in [6.07, 6.45) is 1.76. The summed E-state index contributed by atoms with van der Waals surface area (Å²) in [4.78, 5) is 12.4. The quantitative estimate of drug-likeness (QED) is 0.888. The number of piperidine rings is 1. The van der Waals surface area contributed by atoms with E-state index in [1.165, 1.54) is 0 Å². The van der Waals surface area contributed by atoms with Crippen molar-refractivity contribution in [1.29, 1.82) is 0 Å². The number of methoxy groups -OCH3 is 1. The van der Waals surface area contributed by atoms with Crippen LogP contribution in [0.4, 0.5) is 5.69 Å². The first-order valence-corrected chi connectivity index (χ1v) is 7.69. The van der Waals surface area contributed by atoms with Gasteiger partial charge in [-0.1, -0.05) is 15.9 Å². The van der Waals surface area contributed by atoms with Gasteiger partial charge in [0.25, 0.3) is 0 Å². The third-order valence-electron chi connectivity index (χ3n) is 3.73. The van der Waals surface area contributed by atoms with E-state index in [2.05, 4.69) is 33.5 Å². The van der Waals surface area contributed by atoms with Crippen LogP contribution < -0.4 is 15.4 Å². The minimum atomic E-state index is 0.0685. The molecule has 1 fully saturated rings. The number of rotatable bonds is 3. The van der Waals surface area contributed by atoms with E-state index in [0.29, 0.717) is 11.8 Å². The second kappa shape index (κ2) is 6.59. The number of halogens is 1. The second-order valence-electron chi connectivity index (χ2n) is 5.37. The predicted molar refractivity (Wildman–Crippen MR) is 84.2 cm³/mol. The molecule has 1 amide bonds. The first-order valence-electron chi connectivity index (χ1n) is 6.89. The Bertz CT molecular complexity index is 505. The van der Waals surface area contributed by atoms with E-state index < -0.39 is 0 Å². The highest BCUT2D eigenvalue weighted by Crippen LogP contribution is 2.33. The van der Waals surface area contributed by atoms with Crippen molar-refractivity contribution in [2.45, 2.75) is 32.7 Å². The van der Waals surface area contributed by atoms with Gasteiger partial charge in [-0.25, -0.2) is 0 Å². The number of benzene rings is 1. The van der Waals surface area contributed by atoms with Crippen molar-refractivity contribution in [3.8, 4) is 5.75 Å². The molecule has 0 aromatic heterocycles. The molecule has 2 unspecified atom stereocenters. The number of anilines is 1. The van der Waals surface area contributed by atoms with Crippen LogP contribution in [0.15, 0.2) is 16.6 Å². The first-order chi connectivity index (χ1) is 9.51. The molecule has 1 heterocycles. The zero-order chi connectivity index (χ0) is 14.7. The van der Waals surface area contributed by atoms with E-state index in [1.807, 2.05) is 19.1 Å². The van der Waals surface area contributed by atoms with Crippen LogP contribution in [0.5, 0.6) is 5.75 Å². The molecule has 0 saturated carbocycles. The monoisotopic (exact) mass is 340 g/mol. The average Bonchev–Trinajstić information content (AvgIpc) is 2.41.